The molecule has 3 fully saturated rings. The van der Waals surface area contributed by atoms with Gasteiger partial charge in [-0.25, -0.2) is 8.78 Å². The number of nitrogens with one attached hydrogen (secondary N) is 1. The van der Waals surface area contributed by atoms with E-state index in [1.54, 1.807) is 4.90 Å². The van der Waals surface area contributed by atoms with E-state index in [4.69, 9.17) is 4.74 Å². The number of ether oxygens (including phenoxy) is 1. The number of hydrogen-bond acceptors (Lipinski definition) is 3. The molecule has 0 spiro atoms. The maximum Gasteiger partial charge on any atom is 0.227 e. The van der Waals surface area contributed by atoms with Crippen LogP contribution in [-0.4, -0.2) is 43.6 Å². The highest BCUT2D eigenvalue weighted by molar-refractivity contribution is 5.80. The summed E-state index contributed by atoms with van der Waals surface area (Å²) in [4.78, 5) is 13.7. The average molecular weight is 380 g/mol. The zero-order valence-corrected chi connectivity index (χ0v) is 15.9. The van der Waals surface area contributed by atoms with E-state index in [0.29, 0.717) is 12.5 Å². The van der Waals surface area contributed by atoms with Gasteiger partial charge in [-0.2, -0.15) is 0 Å². The highest BCUT2D eigenvalue weighted by Crippen LogP contribution is 2.33. The Morgan fingerprint density at radius 1 is 1.11 bits per heavy atom. The van der Waals surface area contributed by atoms with Crippen molar-refractivity contribution in [2.75, 3.05) is 32.8 Å². The zero-order valence-electron chi connectivity index (χ0n) is 15.9. The Morgan fingerprint density at radius 3 is 2.37 bits per heavy atom. The van der Waals surface area contributed by atoms with Gasteiger partial charge in [0, 0.05) is 30.8 Å². The van der Waals surface area contributed by atoms with Gasteiger partial charge < -0.3 is 15.0 Å². The molecule has 3 aliphatic rings. The molecular weight excluding hydrogens is 350 g/mol. The van der Waals surface area contributed by atoms with Gasteiger partial charge in [-0.3, -0.25) is 4.79 Å². The lowest BCUT2D eigenvalue weighted by Crippen LogP contribution is -2.43. The largest absolute Gasteiger partial charge is 0.493 e. The molecule has 27 heavy (non-hydrogen) atoms. The Morgan fingerprint density at radius 2 is 1.85 bits per heavy atom. The molecule has 4 nitrogen and oxygen atoms in total. The number of carbonyl (C=O) groups excluding carboxylic acids is 1. The van der Waals surface area contributed by atoms with Crippen LogP contribution < -0.4 is 10.1 Å². The number of benzene rings is 1. The van der Waals surface area contributed by atoms with Crippen LogP contribution in [0.4, 0.5) is 8.78 Å². The van der Waals surface area contributed by atoms with Crippen molar-refractivity contribution in [2.45, 2.75) is 51.4 Å². The van der Waals surface area contributed by atoms with Crippen LogP contribution in [0, 0.1) is 17.6 Å². The second-order valence-corrected chi connectivity index (χ2v) is 7.67. The molecule has 2 heterocycles. The Kier molecular flexibility index (Phi) is 7.44. The van der Waals surface area contributed by atoms with Gasteiger partial charge in [0.2, 0.25) is 5.91 Å². The Labute approximate surface area is 160 Å². The number of carbonyl (C=O) groups is 1. The van der Waals surface area contributed by atoms with Crippen molar-refractivity contribution in [1.82, 2.24) is 10.2 Å². The molecule has 1 saturated carbocycles. The Hall–Kier alpha value is -1.69. The average Bonchev–Trinajstić information content (AvgIpc) is 3.43. The minimum atomic E-state index is -0.703. The lowest BCUT2D eigenvalue weighted by atomic mass is 10.1. The van der Waals surface area contributed by atoms with E-state index in [1.807, 2.05) is 0 Å². The van der Waals surface area contributed by atoms with E-state index >= 15 is 0 Å². The van der Waals surface area contributed by atoms with Crippen molar-refractivity contribution >= 4 is 5.91 Å². The lowest BCUT2D eigenvalue weighted by Gasteiger charge is -2.31. The summed E-state index contributed by atoms with van der Waals surface area (Å²) in [6, 6.07) is 1.99. The fourth-order valence-electron chi connectivity index (χ4n) is 3.25. The van der Waals surface area contributed by atoms with Crippen molar-refractivity contribution in [3.8, 4) is 5.75 Å². The number of halogens is 2. The second kappa shape index (κ2) is 10.0. The van der Waals surface area contributed by atoms with Gasteiger partial charge in [-0.1, -0.05) is 19.3 Å². The van der Waals surface area contributed by atoms with Crippen molar-refractivity contribution in [3.05, 3.63) is 29.3 Å². The molecule has 1 aromatic rings. The number of nitrogens with zero attached hydrogens (tertiary/aromatic N) is 1. The molecule has 1 N–H and O–H groups in total. The molecule has 0 radical (unpaired) electrons. The molecule has 6 heteroatoms. The van der Waals surface area contributed by atoms with Gasteiger partial charge in [0.1, 0.15) is 17.4 Å². The summed E-state index contributed by atoms with van der Waals surface area (Å²) in [5, 5.41) is 3.28. The van der Waals surface area contributed by atoms with Gasteiger partial charge in [-0.15, -0.1) is 0 Å². The van der Waals surface area contributed by atoms with Crippen LogP contribution >= 0.6 is 0 Å². The van der Waals surface area contributed by atoms with Gasteiger partial charge in [-0.05, 0) is 44.7 Å². The number of amides is 1. The fraction of sp³-hybridized carbons (Fsp3) is 0.667. The highest BCUT2D eigenvalue weighted by Gasteiger charge is 2.25. The minimum absolute atomic E-state index is 0.0646. The van der Waals surface area contributed by atoms with Crippen LogP contribution in [0.2, 0.25) is 0 Å². The monoisotopic (exact) mass is 380 g/mol. The first-order valence-corrected chi connectivity index (χ1v) is 10.2. The number of likely N-dealkylation sites (tertiary alicyclic amines) is 1. The van der Waals surface area contributed by atoms with E-state index < -0.39 is 11.6 Å². The topological polar surface area (TPSA) is 41.6 Å². The smallest absolute Gasteiger partial charge is 0.227 e. The molecule has 0 aromatic heterocycles. The molecule has 1 aromatic carbocycles. The van der Waals surface area contributed by atoms with E-state index in [2.05, 4.69) is 5.32 Å². The molecule has 150 valence electrons. The van der Waals surface area contributed by atoms with E-state index in [1.165, 1.54) is 51.3 Å². The predicted molar refractivity (Wildman–Crippen MR) is 101 cm³/mol. The SMILES string of the molecule is C1CCNCC1.O=C(Cc1c(F)cc(F)cc1OCCC1CC1)N1CCC1. The third-order valence-corrected chi connectivity index (χ3v) is 5.34. The molecule has 0 unspecified atom stereocenters. The third-order valence-electron chi connectivity index (χ3n) is 5.34. The first-order chi connectivity index (χ1) is 13.1. The number of rotatable bonds is 6. The van der Waals surface area contributed by atoms with Crippen LogP contribution in [0.5, 0.6) is 5.75 Å². The van der Waals surface area contributed by atoms with Crippen molar-refractivity contribution < 1.29 is 18.3 Å². The van der Waals surface area contributed by atoms with Crippen molar-refractivity contribution in [1.29, 1.82) is 0 Å². The first-order valence-electron chi connectivity index (χ1n) is 10.2. The van der Waals surface area contributed by atoms with Gasteiger partial charge in [0.05, 0.1) is 13.0 Å². The summed E-state index contributed by atoms with van der Waals surface area (Å²) < 4.78 is 32.9. The van der Waals surface area contributed by atoms with Gasteiger partial charge in [0.15, 0.2) is 0 Å². The van der Waals surface area contributed by atoms with Gasteiger partial charge >= 0.3 is 0 Å². The zero-order chi connectivity index (χ0) is 19.1. The molecule has 2 aliphatic heterocycles. The summed E-state index contributed by atoms with van der Waals surface area (Å²) in [6.07, 6.45) is 8.46. The van der Waals surface area contributed by atoms with E-state index in [-0.39, 0.29) is 23.6 Å². The maximum atomic E-state index is 14.0. The molecule has 0 atom stereocenters. The van der Waals surface area contributed by atoms with E-state index in [0.717, 1.165) is 32.0 Å². The van der Waals surface area contributed by atoms with Crippen LogP contribution in [0.15, 0.2) is 12.1 Å². The summed E-state index contributed by atoms with van der Waals surface area (Å²) in [5.41, 5.74) is 0.170. The standard InChI is InChI=1S/C16H19F2NO2.C5H11N/c17-12-8-14(18)13(10-16(20)19-5-1-6-19)15(9-12)21-7-4-11-2-3-11;1-2-4-6-5-3-1/h8-9,11H,1-7,10H2;6H,1-5H2. The Balaban J connectivity index is 0.000000299. The number of piperidine rings is 1. The number of hydrogen-bond donors (Lipinski definition) is 1. The molecule has 2 saturated heterocycles. The van der Waals surface area contributed by atoms with Crippen molar-refractivity contribution in [2.24, 2.45) is 5.92 Å². The molecule has 1 amide bonds. The Bertz CT molecular complexity index is 615. The summed E-state index contributed by atoms with van der Waals surface area (Å²) in [7, 11) is 0. The lowest BCUT2D eigenvalue weighted by molar-refractivity contribution is -0.133. The third kappa shape index (κ3) is 6.45. The van der Waals surface area contributed by atoms with Crippen LogP contribution in [0.3, 0.4) is 0 Å². The molecular formula is C21H30F2N2O2. The predicted octanol–water partition coefficient (Wildman–Crippen LogP) is 3.68. The second-order valence-electron chi connectivity index (χ2n) is 7.67. The van der Waals surface area contributed by atoms with E-state index in [9.17, 15) is 13.6 Å². The fourth-order valence-corrected chi connectivity index (χ4v) is 3.25. The van der Waals surface area contributed by atoms with Gasteiger partial charge in [0.25, 0.3) is 0 Å². The van der Waals surface area contributed by atoms with Crippen molar-refractivity contribution in [3.63, 3.8) is 0 Å². The van der Waals surface area contributed by atoms with Crippen LogP contribution in [-0.2, 0) is 11.2 Å². The normalized spacial score (nSPS) is 19.0. The first kappa shape index (κ1) is 20.1. The highest BCUT2D eigenvalue weighted by atomic mass is 19.1. The minimum Gasteiger partial charge on any atom is -0.493 e. The summed E-state index contributed by atoms with van der Waals surface area (Å²) in [6.45, 7) is 4.39. The van der Waals surface area contributed by atoms with Crippen LogP contribution in [0.1, 0.15) is 50.5 Å². The molecule has 0 bridgehead atoms. The van der Waals surface area contributed by atoms with Crippen LogP contribution in [0.25, 0.3) is 0 Å². The summed E-state index contributed by atoms with van der Waals surface area (Å²) in [5.74, 6) is -0.644. The molecule has 4 rings (SSSR count). The summed E-state index contributed by atoms with van der Waals surface area (Å²) >= 11 is 0. The molecule has 1 aliphatic carbocycles. The quantitative estimate of drug-likeness (QED) is 0.819. The maximum absolute atomic E-state index is 14.0.